The Morgan fingerprint density at radius 1 is 1.24 bits per heavy atom. The highest BCUT2D eigenvalue weighted by Gasteiger charge is 2.09. The van der Waals surface area contributed by atoms with Crippen molar-refractivity contribution in [2.24, 2.45) is 0 Å². The normalized spacial score (nSPS) is 10.2. The maximum absolute atomic E-state index is 13.4. The van der Waals surface area contributed by atoms with Crippen LogP contribution in [0.1, 0.15) is 23.7 Å². The number of anilines is 1. The summed E-state index contributed by atoms with van der Waals surface area (Å²) < 4.78 is 19.2. The summed E-state index contributed by atoms with van der Waals surface area (Å²) in [5.41, 5.74) is 0.897. The summed E-state index contributed by atoms with van der Waals surface area (Å²) >= 11 is 3.05. The molecule has 0 aliphatic carbocycles. The molecule has 0 aliphatic heterocycles. The predicted molar refractivity (Wildman–Crippen MR) is 84.3 cm³/mol. The van der Waals surface area contributed by atoms with Gasteiger partial charge in [-0.1, -0.05) is 6.92 Å². The summed E-state index contributed by atoms with van der Waals surface area (Å²) in [5.74, 6) is -0.0703. The molecule has 1 amide bonds. The molecular formula is C16H15BrFNO2. The standard InChI is InChI=1S/C16H15BrFNO2/c1-2-9-21-13-6-4-12(5-7-13)19-16(20)11-3-8-14(17)15(18)10-11/h3-8,10H,2,9H2,1H3,(H,19,20). The number of hydrogen-bond donors (Lipinski definition) is 1. The Kier molecular flexibility index (Phi) is 5.33. The van der Waals surface area contributed by atoms with Crippen LogP contribution in [0.3, 0.4) is 0 Å². The Hall–Kier alpha value is -1.88. The van der Waals surface area contributed by atoms with Gasteiger partial charge in [-0.2, -0.15) is 0 Å². The minimum absolute atomic E-state index is 0.266. The largest absolute Gasteiger partial charge is 0.494 e. The number of carbonyl (C=O) groups is 1. The summed E-state index contributed by atoms with van der Waals surface area (Å²) in [6.45, 7) is 2.69. The van der Waals surface area contributed by atoms with Crippen LogP contribution in [0.2, 0.25) is 0 Å². The Labute approximate surface area is 131 Å². The molecule has 0 saturated heterocycles. The van der Waals surface area contributed by atoms with E-state index in [2.05, 4.69) is 21.2 Å². The smallest absolute Gasteiger partial charge is 0.255 e. The van der Waals surface area contributed by atoms with E-state index >= 15 is 0 Å². The third-order valence-corrected chi connectivity index (χ3v) is 3.41. The number of benzene rings is 2. The van der Waals surface area contributed by atoms with E-state index in [0.29, 0.717) is 16.8 Å². The van der Waals surface area contributed by atoms with Gasteiger partial charge in [0.25, 0.3) is 5.91 Å². The molecule has 0 unspecified atom stereocenters. The van der Waals surface area contributed by atoms with Crippen LogP contribution >= 0.6 is 15.9 Å². The maximum atomic E-state index is 13.4. The SMILES string of the molecule is CCCOc1ccc(NC(=O)c2ccc(Br)c(F)c2)cc1. The molecule has 21 heavy (non-hydrogen) atoms. The molecule has 0 spiro atoms. The number of nitrogens with one attached hydrogen (secondary N) is 1. The van der Waals surface area contributed by atoms with E-state index in [1.165, 1.54) is 12.1 Å². The Bertz CT molecular complexity index is 629. The second-order valence-electron chi connectivity index (χ2n) is 4.46. The van der Waals surface area contributed by atoms with E-state index in [-0.39, 0.29) is 11.5 Å². The van der Waals surface area contributed by atoms with Crippen molar-refractivity contribution >= 4 is 27.5 Å². The number of carbonyl (C=O) groups excluding carboxylic acids is 1. The van der Waals surface area contributed by atoms with Crippen LogP contribution in [0, 0.1) is 5.82 Å². The first-order valence-electron chi connectivity index (χ1n) is 6.59. The van der Waals surface area contributed by atoms with Gasteiger partial charge in [-0.3, -0.25) is 4.79 Å². The molecule has 2 aromatic rings. The molecule has 0 atom stereocenters. The lowest BCUT2D eigenvalue weighted by Crippen LogP contribution is -2.12. The zero-order valence-corrected chi connectivity index (χ0v) is 13.1. The lowest BCUT2D eigenvalue weighted by Gasteiger charge is -2.08. The first-order valence-corrected chi connectivity index (χ1v) is 7.38. The van der Waals surface area contributed by atoms with Crippen LogP contribution < -0.4 is 10.1 Å². The topological polar surface area (TPSA) is 38.3 Å². The number of ether oxygens (including phenoxy) is 1. The van der Waals surface area contributed by atoms with Crippen LogP contribution in [0.15, 0.2) is 46.9 Å². The zero-order valence-electron chi connectivity index (χ0n) is 11.5. The highest BCUT2D eigenvalue weighted by Crippen LogP contribution is 2.19. The molecule has 0 saturated carbocycles. The minimum atomic E-state index is -0.467. The molecule has 0 radical (unpaired) electrons. The van der Waals surface area contributed by atoms with Gasteiger partial charge in [0.1, 0.15) is 11.6 Å². The van der Waals surface area contributed by atoms with Crippen molar-refractivity contribution in [1.29, 1.82) is 0 Å². The predicted octanol–water partition coefficient (Wildman–Crippen LogP) is 4.63. The molecule has 1 N–H and O–H groups in total. The highest BCUT2D eigenvalue weighted by atomic mass is 79.9. The molecule has 0 fully saturated rings. The molecule has 2 rings (SSSR count). The highest BCUT2D eigenvalue weighted by molar-refractivity contribution is 9.10. The summed E-state index contributed by atoms with van der Waals surface area (Å²) in [6, 6.07) is 11.3. The van der Waals surface area contributed by atoms with E-state index in [9.17, 15) is 9.18 Å². The van der Waals surface area contributed by atoms with E-state index in [4.69, 9.17) is 4.74 Å². The lowest BCUT2D eigenvalue weighted by molar-refractivity contribution is 0.102. The zero-order chi connectivity index (χ0) is 15.2. The van der Waals surface area contributed by atoms with E-state index in [1.807, 2.05) is 6.92 Å². The van der Waals surface area contributed by atoms with Gasteiger partial charge in [0.05, 0.1) is 11.1 Å². The van der Waals surface area contributed by atoms with E-state index in [1.54, 1.807) is 30.3 Å². The van der Waals surface area contributed by atoms with Crippen molar-refractivity contribution in [2.75, 3.05) is 11.9 Å². The van der Waals surface area contributed by atoms with Crippen LogP contribution in [-0.4, -0.2) is 12.5 Å². The monoisotopic (exact) mass is 351 g/mol. The van der Waals surface area contributed by atoms with Crippen molar-refractivity contribution in [1.82, 2.24) is 0 Å². The average molecular weight is 352 g/mol. The third-order valence-electron chi connectivity index (χ3n) is 2.77. The molecule has 0 aliphatic rings. The fourth-order valence-electron chi connectivity index (χ4n) is 1.70. The molecule has 110 valence electrons. The number of hydrogen-bond acceptors (Lipinski definition) is 2. The molecule has 5 heteroatoms. The first-order chi connectivity index (χ1) is 10.1. The number of halogens is 2. The minimum Gasteiger partial charge on any atom is -0.494 e. The average Bonchev–Trinajstić information content (AvgIpc) is 2.49. The van der Waals surface area contributed by atoms with Crippen LogP contribution in [0.5, 0.6) is 5.75 Å². The van der Waals surface area contributed by atoms with Crippen molar-refractivity contribution in [3.8, 4) is 5.75 Å². The van der Waals surface area contributed by atoms with E-state index in [0.717, 1.165) is 12.2 Å². The lowest BCUT2D eigenvalue weighted by atomic mass is 10.2. The Balaban J connectivity index is 2.03. The molecular weight excluding hydrogens is 337 g/mol. The quantitative estimate of drug-likeness (QED) is 0.852. The Morgan fingerprint density at radius 3 is 2.57 bits per heavy atom. The van der Waals surface area contributed by atoms with Crippen molar-refractivity contribution in [3.05, 3.63) is 58.3 Å². The van der Waals surface area contributed by atoms with Crippen LogP contribution in [-0.2, 0) is 0 Å². The molecule has 0 bridgehead atoms. The van der Waals surface area contributed by atoms with Gasteiger partial charge in [0, 0.05) is 11.3 Å². The molecule has 3 nitrogen and oxygen atoms in total. The van der Waals surface area contributed by atoms with Gasteiger partial charge in [0.2, 0.25) is 0 Å². The van der Waals surface area contributed by atoms with Gasteiger partial charge in [-0.15, -0.1) is 0 Å². The molecule has 0 aromatic heterocycles. The maximum Gasteiger partial charge on any atom is 0.255 e. The Morgan fingerprint density at radius 2 is 1.95 bits per heavy atom. The van der Waals surface area contributed by atoms with Gasteiger partial charge < -0.3 is 10.1 Å². The fourth-order valence-corrected chi connectivity index (χ4v) is 1.94. The van der Waals surface area contributed by atoms with E-state index < -0.39 is 5.82 Å². The van der Waals surface area contributed by atoms with Crippen LogP contribution in [0.25, 0.3) is 0 Å². The fraction of sp³-hybridized carbons (Fsp3) is 0.188. The molecule has 0 heterocycles. The second kappa shape index (κ2) is 7.22. The summed E-state index contributed by atoms with van der Waals surface area (Å²) in [6.07, 6.45) is 0.938. The third kappa shape index (κ3) is 4.29. The number of amides is 1. The number of rotatable bonds is 5. The van der Waals surface area contributed by atoms with Crippen molar-refractivity contribution < 1.29 is 13.9 Å². The summed E-state index contributed by atoms with van der Waals surface area (Å²) in [5, 5.41) is 2.71. The summed E-state index contributed by atoms with van der Waals surface area (Å²) in [7, 11) is 0. The molecule has 2 aromatic carbocycles. The first kappa shape index (κ1) is 15.5. The van der Waals surface area contributed by atoms with Gasteiger partial charge in [0.15, 0.2) is 0 Å². The van der Waals surface area contributed by atoms with Gasteiger partial charge >= 0.3 is 0 Å². The second-order valence-corrected chi connectivity index (χ2v) is 5.31. The van der Waals surface area contributed by atoms with Gasteiger partial charge in [-0.25, -0.2) is 4.39 Å². The summed E-state index contributed by atoms with van der Waals surface area (Å²) in [4.78, 5) is 12.0. The van der Waals surface area contributed by atoms with Gasteiger partial charge in [-0.05, 0) is 64.8 Å². The van der Waals surface area contributed by atoms with Crippen LogP contribution in [0.4, 0.5) is 10.1 Å². The van der Waals surface area contributed by atoms with Crippen molar-refractivity contribution in [2.45, 2.75) is 13.3 Å². The van der Waals surface area contributed by atoms with Crippen molar-refractivity contribution in [3.63, 3.8) is 0 Å².